The Morgan fingerprint density at radius 1 is 1.21 bits per heavy atom. The quantitative estimate of drug-likeness (QED) is 0.338. The van der Waals surface area contributed by atoms with E-state index in [-0.39, 0.29) is 29.4 Å². The molecular formula is C21H31IN4O2S. The topological polar surface area (TPSA) is 67.8 Å². The molecule has 8 heteroatoms. The van der Waals surface area contributed by atoms with Crippen molar-refractivity contribution in [2.45, 2.75) is 38.6 Å². The maximum atomic E-state index is 5.64. The van der Waals surface area contributed by atoms with Gasteiger partial charge in [-0.25, -0.2) is 4.98 Å². The number of nitrogens with one attached hydrogen (secondary N) is 2. The van der Waals surface area contributed by atoms with Crippen LogP contribution in [0.4, 0.5) is 0 Å². The van der Waals surface area contributed by atoms with Crippen LogP contribution in [0.15, 0.2) is 29.3 Å². The van der Waals surface area contributed by atoms with Crippen molar-refractivity contribution in [2.24, 2.45) is 4.99 Å². The highest BCUT2D eigenvalue weighted by Gasteiger charge is 2.34. The second-order valence-corrected chi connectivity index (χ2v) is 8.44. The van der Waals surface area contributed by atoms with Crippen LogP contribution in [0.2, 0.25) is 0 Å². The summed E-state index contributed by atoms with van der Waals surface area (Å²) in [5.41, 5.74) is 2.44. The zero-order chi connectivity index (χ0) is 20.0. The van der Waals surface area contributed by atoms with E-state index < -0.39 is 0 Å². The lowest BCUT2D eigenvalue weighted by Crippen LogP contribution is -2.47. The molecule has 1 fully saturated rings. The van der Waals surface area contributed by atoms with Crippen molar-refractivity contribution in [3.63, 3.8) is 0 Å². The molecule has 3 rings (SSSR count). The third kappa shape index (κ3) is 6.05. The van der Waals surface area contributed by atoms with Crippen molar-refractivity contribution >= 4 is 41.3 Å². The van der Waals surface area contributed by atoms with Crippen LogP contribution in [0, 0.1) is 13.8 Å². The highest BCUT2D eigenvalue weighted by molar-refractivity contribution is 14.0. The van der Waals surface area contributed by atoms with Crippen LogP contribution in [-0.2, 0) is 16.7 Å². The van der Waals surface area contributed by atoms with E-state index in [9.17, 15) is 0 Å². The summed E-state index contributed by atoms with van der Waals surface area (Å²) in [6.45, 7) is 7.18. The minimum absolute atomic E-state index is 0. The first-order valence-corrected chi connectivity index (χ1v) is 10.5. The van der Waals surface area contributed by atoms with E-state index in [0.717, 1.165) is 55.0 Å². The fourth-order valence-corrected chi connectivity index (χ4v) is 4.40. The summed E-state index contributed by atoms with van der Waals surface area (Å²) in [4.78, 5) is 10.2. The molecule has 0 radical (unpaired) electrons. The summed E-state index contributed by atoms with van der Waals surface area (Å²) in [5.74, 6) is 1.68. The maximum absolute atomic E-state index is 5.64. The minimum atomic E-state index is 0. The molecular weight excluding hydrogens is 499 g/mol. The second kappa shape index (κ2) is 11.1. The lowest BCUT2D eigenvalue weighted by molar-refractivity contribution is 0.0513. The van der Waals surface area contributed by atoms with E-state index >= 15 is 0 Å². The molecule has 6 nitrogen and oxygen atoms in total. The molecule has 1 aliphatic rings. The van der Waals surface area contributed by atoms with Crippen molar-refractivity contribution in [3.8, 4) is 5.75 Å². The Morgan fingerprint density at radius 3 is 2.45 bits per heavy atom. The number of benzene rings is 1. The lowest BCUT2D eigenvalue weighted by atomic mass is 9.74. The number of aromatic nitrogens is 1. The number of rotatable bonds is 6. The van der Waals surface area contributed by atoms with Crippen molar-refractivity contribution in [1.82, 2.24) is 15.6 Å². The zero-order valence-corrected chi connectivity index (χ0v) is 20.7. The summed E-state index contributed by atoms with van der Waals surface area (Å²) in [5, 5.41) is 7.99. The number of guanidine groups is 1. The second-order valence-electron chi connectivity index (χ2n) is 7.15. The van der Waals surface area contributed by atoms with Gasteiger partial charge in [-0.05, 0) is 44.4 Å². The summed E-state index contributed by atoms with van der Waals surface area (Å²) in [6, 6.07) is 8.41. The van der Waals surface area contributed by atoms with Crippen LogP contribution in [0.1, 0.15) is 34.0 Å². The largest absolute Gasteiger partial charge is 0.497 e. The zero-order valence-electron chi connectivity index (χ0n) is 17.6. The van der Waals surface area contributed by atoms with Crippen LogP contribution in [0.5, 0.6) is 5.75 Å². The molecule has 29 heavy (non-hydrogen) atoms. The molecule has 2 aromatic rings. The van der Waals surface area contributed by atoms with Gasteiger partial charge >= 0.3 is 0 Å². The molecule has 1 aromatic carbocycles. The third-order valence-electron chi connectivity index (χ3n) is 5.45. The van der Waals surface area contributed by atoms with Crippen LogP contribution in [0.3, 0.4) is 0 Å². The first-order valence-electron chi connectivity index (χ1n) is 9.66. The predicted octanol–water partition coefficient (Wildman–Crippen LogP) is 3.80. The first-order chi connectivity index (χ1) is 13.6. The fourth-order valence-electron chi connectivity index (χ4n) is 3.52. The molecule has 1 saturated heterocycles. The normalized spacial score (nSPS) is 16.1. The Hall–Kier alpha value is -1.39. The minimum Gasteiger partial charge on any atom is -0.497 e. The monoisotopic (exact) mass is 530 g/mol. The average molecular weight is 530 g/mol. The number of aliphatic imine (C=N–C) groups is 1. The van der Waals surface area contributed by atoms with Crippen molar-refractivity contribution in [3.05, 3.63) is 45.4 Å². The van der Waals surface area contributed by atoms with E-state index in [2.05, 4.69) is 39.7 Å². The number of halogens is 1. The van der Waals surface area contributed by atoms with Crippen molar-refractivity contribution < 1.29 is 9.47 Å². The van der Waals surface area contributed by atoms with Gasteiger partial charge in [0, 0.05) is 37.1 Å². The standard InChI is InChI=1S/C21H30N4O2S.HI/c1-15-16(2)28-19(25-15)13-23-20(22-3)24-14-21(9-11-27-12-10-21)17-5-7-18(26-4)8-6-17;/h5-8H,9-14H2,1-4H3,(H2,22,23,24);1H. The number of methoxy groups -OCH3 is 1. The third-order valence-corrected chi connectivity index (χ3v) is 6.52. The van der Waals surface area contributed by atoms with E-state index in [1.54, 1.807) is 25.5 Å². The Bertz CT molecular complexity index is 782. The van der Waals surface area contributed by atoms with E-state index in [1.807, 2.05) is 19.1 Å². The molecule has 0 spiro atoms. The summed E-state index contributed by atoms with van der Waals surface area (Å²) >= 11 is 1.73. The molecule has 0 saturated carbocycles. The van der Waals surface area contributed by atoms with Gasteiger partial charge in [-0.2, -0.15) is 0 Å². The molecule has 2 N–H and O–H groups in total. The van der Waals surface area contributed by atoms with Gasteiger partial charge in [0.25, 0.3) is 0 Å². The SMILES string of the molecule is CN=C(NCc1nc(C)c(C)s1)NCC1(c2ccc(OC)cc2)CCOCC1.I. The van der Waals surface area contributed by atoms with Crippen molar-refractivity contribution in [1.29, 1.82) is 0 Å². The molecule has 2 heterocycles. The van der Waals surface area contributed by atoms with Gasteiger partial charge in [0.2, 0.25) is 0 Å². The maximum Gasteiger partial charge on any atom is 0.191 e. The van der Waals surface area contributed by atoms with E-state index in [0.29, 0.717) is 6.54 Å². The summed E-state index contributed by atoms with van der Waals surface area (Å²) in [6.07, 6.45) is 1.96. The van der Waals surface area contributed by atoms with Crippen LogP contribution >= 0.6 is 35.3 Å². The Kier molecular flexibility index (Phi) is 9.16. The molecule has 0 unspecified atom stereocenters. The van der Waals surface area contributed by atoms with Gasteiger partial charge in [0.15, 0.2) is 5.96 Å². The molecule has 1 aromatic heterocycles. The van der Waals surface area contributed by atoms with Gasteiger partial charge in [0.1, 0.15) is 10.8 Å². The Labute approximate surface area is 194 Å². The van der Waals surface area contributed by atoms with Gasteiger partial charge in [-0.3, -0.25) is 4.99 Å². The van der Waals surface area contributed by atoms with E-state index in [4.69, 9.17) is 9.47 Å². The summed E-state index contributed by atoms with van der Waals surface area (Å²) < 4.78 is 11.0. The Balaban J connectivity index is 0.00000300. The summed E-state index contributed by atoms with van der Waals surface area (Å²) in [7, 11) is 3.50. The molecule has 160 valence electrons. The molecule has 0 amide bonds. The highest BCUT2D eigenvalue weighted by Crippen LogP contribution is 2.35. The number of nitrogens with zero attached hydrogens (tertiary/aromatic N) is 2. The van der Waals surface area contributed by atoms with Gasteiger partial charge in [-0.15, -0.1) is 35.3 Å². The number of aryl methyl sites for hydroxylation is 2. The first kappa shape index (κ1) is 23.9. The smallest absolute Gasteiger partial charge is 0.191 e. The van der Waals surface area contributed by atoms with Crippen molar-refractivity contribution in [2.75, 3.05) is 33.9 Å². The number of ether oxygens (including phenoxy) is 2. The van der Waals surface area contributed by atoms with Crippen LogP contribution < -0.4 is 15.4 Å². The highest BCUT2D eigenvalue weighted by atomic mass is 127. The fraction of sp³-hybridized carbons (Fsp3) is 0.524. The predicted molar refractivity (Wildman–Crippen MR) is 130 cm³/mol. The van der Waals surface area contributed by atoms with E-state index in [1.165, 1.54) is 10.4 Å². The Morgan fingerprint density at radius 2 is 1.90 bits per heavy atom. The van der Waals surface area contributed by atoms with Crippen LogP contribution in [0.25, 0.3) is 0 Å². The van der Waals surface area contributed by atoms with Gasteiger partial charge in [-0.1, -0.05) is 12.1 Å². The van der Waals surface area contributed by atoms with Crippen LogP contribution in [-0.4, -0.2) is 44.9 Å². The average Bonchev–Trinajstić information content (AvgIpc) is 3.06. The van der Waals surface area contributed by atoms with Gasteiger partial charge < -0.3 is 20.1 Å². The molecule has 0 aliphatic carbocycles. The molecule has 0 bridgehead atoms. The number of hydrogen-bond acceptors (Lipinski definition) is 5. The lowest BCUT2D eigenvalue weighted by Gasteiger charge is -2.38. The molecule has 1 aliphatic heterocycles. The number of hydrogen-bond donors (Lipinski definition) is 2. The molecule has 0 atom stereocenters. The number of thiazole rings is 1. The van der Waals surface area contributed by atoms with Gasteiger partial charge in [0.05, 0.1) is 19.3 Å².